The van der Waals surface area contributed by atoms with Gasteiger partial charge in [-0.3, -0.25) is 4.90 Å². The molecule has 0 amide bonds. The van der Waals surface area contributed by atoms with Gasteiger partial charge in [-0.05, 0) is 18.9 Å². The zero-order valence-corrected chi connectivity index (χ0v) is 17.4. The highest BCUT2D eigenvalue weighted by molar-refractivity contribution is 7.89. The van der Waals surface area contributed by atoms with Crippen molar-refractivity contribution in [1.29, 1.82) is 0 Å². The predicted molar refractivity (Wildman–Crippen MR) is 107 cm³/mol. The van der Waals surface area contributed by atoms with Gasteiger partial charge in [0.05, 0.1) is 30.0 Å². The normalized spacial score (nSPS) is 22.0. The van der Waals surface area contributed by atoms with Crippen LogP contribution in [0.15, 0.2) is 12.1 Å². The van der Waals surface area contributed by atoms with Gasteiger partial charge < -0.3 is 20.3 Å². The summed E-state index contributed by atoms with van der Waals surface area (Å²) in [6.45, 7) is 5.71. The Kier molecular flexibility index (Phi) is 7.41. The number of nitrogens with one attached hydrogen (secondary N) is 1. The average molecular weight is 434 g/mol. The van der Waals surface area contributed by atoms with Crippen molar-refractivity contribution in [2.24, 2.45) is 0 Å². The molecule has 1 atom stereocenters. The van der Waals surface area contributed by atoms with Crippen LogP contribution in [-0.4, -0.2) is 86.1 Å². The van der Waals surface area contributed by atoms with Crippen LogP contribution < -0.4 is 5.32 Å². The Balaban J connectivity index is 1.54. The molecule has 1 aromatic carbocycles. The first-order valence-electron chi connectivity index (χ1n) is 9.60. The molecule has 3 N–H and O–H groups in total. The summed E-state index contributed by atoms with van der Waals surface area (Å²) >= 11 is 5.96. The fourth-order valence-corrected chi connectivity index (χ4v) is 5.55. The lowest BCUT2D eigenvalue weighted by Crippen LogP contribution is -2.41. The van der Waals surface area contributed by atoms with Gasteiger partial charge >= 0.3 is 0 Å². The summed E-state index contributed by atoms with van der Waals surface area (Å²) in [5.74, 6) is -0.364. The number of rotatable bonds is 8. The summed E-state index contributed by atoms with van der Waals surface area (Å²) in [6.07, 6.45) is 1.32. The minimum atomic E-state index is -3.48. The fourth-order valence-electron chi connectivity index (χ4n) is 3.72. The summed E-state index contributed by atoms with van der Waals surface area (Å²) in [6, 6.07) is 2.15. The molecule has 158 valence electrons. The molecule has 0 saturated carbocycles. The number of sulfonamides is 1. The molecule has 0 aromatic heterocycles. The number of hydrogen-bond donors (Lipinski definition) is 3. The molecule has 0 bridgehead atoms. The zero-order valence-electron chi connectivity index (χ0n) is 15.8. The number of ether oxygens (including phenoxy) is 1. The molecule has 2 fully saturated rings. The van der Waals surface area contributed by atoms with Gasteiger partial charge in [0.1, 0.15) is 11.5 Å². The predicted octanol–water partition coefficient (Wildman–Crippen LogP) is 1.14. The van der Waals surface area contributed by atoms with Crippen molar-refractivity contribution >= 4 is 21.6 Å². The Bertz CT molecular complexity index is 771. The van der Waals surface area contributed by atoms with Crippen molar-refractivity contribution in [3.05, 3.63) is 22.7 Å². The van der Waals surface area contributed by atoms with Gasteiger partial charge in [-0.1, -0.05) is 11.6 Å². The van der Waals surface area contributed by atoms with Crippen LogP contribution in [0.25, 0.3) is 0 Å². The van der Waals surface area contributed by atoms with Crippen LogP contribution in [0.2, 0.25) is 5.02 Å². The Morgan fingerprint density at radius 3 is 2.64 bits per heavy atom. The van der Waals surface area contributed by atoms with E-state index in [4.69, 9.17) is 16.3 Å². The molecule has 2 aliphatic rings. The van der Waals surface area contributed by atoms with Crippen LogP contribution in [0.3, 0.4) is 0 Å². The van der Waals surface area contributed by atoms with E-state index in [0.717, 1.165) is 45.5 Å². The zero-order chi connectivity index (χ0) is 20.1. The maximum absolute atomic E-state index is 12.8. The summed E-state index contributed by atoms with van der Waals surface area (Å²) in [5.41, 5.74) is 0.434. The smallest absolute Gasteiger partial charge is 0.215 e. The Labute approximate surface area is 171 Å². The van der Waals surface area contributed by atoms with Gasteiger partial charge in [-0.15, -0.1) is 0 Å². The number of halogens is 1. The lowest BCUT2D eigenvalue weighted by molar-refractivity contribution is 0.0385. The number of phenolic OH excluding ortho intramolecular Hbond substituents is 2. The number of morpholine rings is 1. The minimum absolute atomic E-state index is 0.000805. The maximum Gasteiger partial charge on any atom is 0.215 e. The average Bonchev–Trinajstić information content (AvgIpc) is 3.16. The molecular weight excluding hydrogens is 406 g/mol. The van der Waals surface area contributed by atoms with Crippen LogP contribution in [0.5, 0.6) is 11.5 Å². The number of benzene rings is 1. The SMILES string of the molecule is O=S(=O)(CCNCCN1CCOCC1)N1CCCC1c1cc(Cl)c(O)cc1O. The molecule has 2 heterocycles. The van der Waals surface area contributed by atoms with Crippen LogP contribution in [-0.2, 0) is 14.8 Å². The molecule has 10 heteroatoms. The van der Waals surface area contributed by atoms with E-state index in [0.29, 0.717) is 31.5 Å². The third-order valence-electron chi connectivity index (χ3n) is 5.26. The Morgan fingerprint density at radius 2 is 1.89 bits per heavy atom. The topological polar surface area (TPSA) is 102 Å². The summed E-state index contributed by atoms with van der Waals surface area (Å²) in [7, 11) is -3.48. The Morgan fingerprint density at radius 1 is 1.14 bits per heavy atom. The molecule has 0 spiro atoms. The van der Waals surface area contributed by atoms with Gasteiger partial charge in [0, 0.05) is 50.9 Å². The van der Waals surface area contributed by atoms with Crippen LogP contribution in [0, 0.1) is 0 Å². The summed E-state index contributed by atoms with van der Waals surface area (Å²) in [4.78, 5) is 2.29. The van der Waals surface area contributed by atoms with Crippen LogP contribution in [0.4, 0.5) is 0 Å². The lowest BCUT2D eigenvalue weighted by Gasteiger charge is -2.27. The van der Waals surface area contributed by atoms with E-state index in [1.54, 1.807) is 0 Å². The molecule has 1 aromatic rings. The van der Waals surface area contributed by atoms with Gasteiger partial charge in [-0.25, -0.2) is 8.42 Å². The van der Waals surface area contributed by atoms with Crippen molar-refractivity contribution < 1.29 is 23.4 Å². The minimum Gasteiger partial charge on any atom is -0.507 e. The second-order valence-corrected chi connectivity index (χ2v) is 9.60. The van der Waals surface area contributed by atoms with Crippen LogP contribution >= 0.6 is 11.6 Å². The van der Waals surface area contributed by atoms with Crippen molar-refractivity contribution in [2.45, 2.75) is 18.9 Å². The second kappa shape index (κ2) is 9.60. The van der Waals surface area contributed by atoms with Gasteiger partial charge in [-0.2, -0.15) is 4.31 Å². The van der Waals surface area contributed by atoms with Crippen molar-refractivity contribution in [1.82, 2.24) is 14.5 Å². The number of aromatic hydroxyl groups is 2. The van der Waals surface area contributed by atoms with Gasteiger partial charge in [0.25, 0.3) is 0 Å². The highest BCUT2D eigenvalue weighted by Crippen LogP contribution is 2.42. The molecule has 2 saturated heterocycles. The van der Waals surface area contributed by atoms with E-state index in [9.17, 15) is 18.6 Å². The molecule has 3 rings (SSSR count). The van der Waals surface area contributed by atoms with Gasteiger partial charge in [0.2, 0.25) is 10.0 Å². The molecule has 0 radical (unpaired) electrons. The molecular formula is C18H28ClN3O5S. The first kappa shape index (κ1) is 21.6. The first-order valence-corrected chi connectivity index (χ1v) is 11.6. The summed E-state index contributed by atoms with van der Waals surface area (Å²) in [5, 5.41) is 23.1. The molecule has 1 unspecified atom stereocenters. The van der Waals surface area contributed by atoms with E-state index in [-0.39, 0.29) is 22.3 Å². The van der Waals surface area contributed by atoms with E-state index in [2.05, 4.69) is 10.2 Å². The number of hydrogen-bond acceptors (Lipinski definition) is 7. The third-order valence-corrected chi connectivity index (χ3v) is 7.44. The van der Waals surface area contributed by atoms with E-state index in [1.165, 1.54) is 10.4 Å². The lowest BCUT2D eigenvalue weighted by atomic mass is 10.0. The Hall–Kier alpha value is -1.10. The quantitative estimate of drug-likeness (QED) is 0.528. The number of phenols is 2. The molecule has 8 nitrogen and oxygen atoms in total. The molecule has 0 aliphatic carbocycles. The fraction of sp³-hybridized carbons (Fsp3) is 0.667. The highest BCUT2D eigenvalue weighted by Gasteiger charge is 2.36. The maximum atomic E-state index is 12.8. The van der Waals surface area contributed by atoms with E-state index in [1.807, 2.05) is 0 Å². The summed E-state index contributed by atoms with van der Waals surface area (Å²) < 4.78 is 32.4. The molecule has 2 aliphatic heterocycles. The van der Waals surface area contributed by atoms with Crippen molar-refractivity contribution in [2.75, 3.05) is 58.2 Å². The van der Waals surface area contributed by atoms with Crippen molar-refractivity contribution in [3.8, 4) is 11.5 Å². The van der Waals surface area contributed by atoms with Crippen molar-refractivity contribution in [3.63, 3.8) is 0 Å². The third kappa shape index (κ3) is 5.28. The second-order valence-electron chi connectivity index (χ2n) is 7.15. The van der Waals surface area contributed by atoms with Gasteiger partial charge in [0.15, 0.2) is 0 Å². The highest BCUT2D eigenvalue weighted by atomic mass is 35.5. The standard InChI is InChI=1S/C18H28ClN3O5S/c19-15-12-14(17(23)13-18(15)24)16-2-1-5-22(16)28(25,26)11-4-20-3-6-21-7-9-27-10-8-21/h12-13,16,20,23-24H,1-11H2. The van der Waals surface area contributed by atoms with E-state index < -0.39 is 16.1 Å². The first-order chi connectivity index (χ1) is 13.4. The van der Waals surface area contributed by atoms with E-state index >= 15 is 0 Å². The number of nitrogens with zero attached hydrogens (tertiary/aromatic N) is 2. The monoisotopic (exact) mass is 433 g/mol. The van der Waals surface area contributed by atoms with Crippen LogP contribution in [0.1, 0.15) is 24.4 Å². The largest absolute Gasteiger partial charge is 0.507 e. The molecule has 28 heavy (non-hydrogen) atoms.